The number of halogens is 4. The van der Waals surface area contributed by atoms with Crippen molar-refractivity contribution < 1.29 is 17.6 Å². The number of alkyl halides is 3. The van der Waals surface area contributed by atoms with Crippen LogP contribution in [-0.4, -0.2) is 9.97 Å². The molecule has 2 nitrogen and oxygen atoms in total. The fraction of sp³-hybridized carbons (Fsp3) is 0.389. The zero-order valence-electron chi connectivity index (χ0n) is 26.4. The molecule has 0 aliphatic heterocycles. The SMILES string of the molecule is CC(C)c1cccc(C(F)(F)F)c1.CC(C)c1cccc(F)c1.CC(C)c1ccccn1.Cc1ccc(C(C)C)cn1. The highest BCUT2D eigenvalue weighted by Gasteiger charge is 2.30. The van der Waals surface area contributed by atoms with Gasteiger partial charge < -0.3 is 0 Å². The van der Waals surface area contributed by atoms with Gasteiger partial charge in [-0.05, 0) is 83.7 Å². The van der Waals surface area contributed by atoms with Crippen molar-refractivity contribution in [2.75, 3.05) is 0 Å². The minimum Gasteiger partial charge on any atom is -0.261 e. The van der Waals surface area contributed by atoms with Gasteiger partial charge in [-0.25, -0.2) is 4.39 Å². The first-order valence-corrected chi connectivity index (χ1v) is 14.4. The molecule has 228 valence electrons. The van der Waals surface area contributed by atoms with Crippen molar-refractivity contribution in [2.45, 2.75) is 92.2 Å². The summed E-state index contributed by atoms with van der Waals surface area (Å²) in [5, 5.41) is 0. The fourth-order valence-electron chi connectivity index (χ4n) is 3.48. The molecule has 0 aliphatic rings. The first-order valence-electron chi connectivity index (χ1n) is 14.4. The lowest BCUT2D eigenvalue weighted by Gasteiger charge is -2.10. The van der Waals surface area contributed by atoms with E-state index in [1.165, 1.54) is 23.8 Å². The van der Waals surface area contributed by atoms with E-state index in [2.05, 4.69) is 63.6 Å². The summed E-state index contributed by atoms with van der Waals surface area (Å²) in [7, 11) is 0. The van der Waals surface area contributed by atoms with Crippen molar-refractivity contribution in [3.63, 3.8) is 0 Å². The van der Waals surface area contributed by atoms with E-state index >= 15 is 0 Å². The maximum atomic E-state index is 12.5. The van der Waals surface area contributed by atoms with Gasteiger partial charge in [0.15, 0.2) is 0 Å². The predicted octanol–water partition coefficient (Wildman–Crippen LogP) is 11.5. The van der Waals surface area contributed by atoms with Crippen LogP contribution in [-0.2, 0) is 6.18 Å². The summed E-state index contributed by atoms with van der Waals surface area (Å²) in [6, 6.07) is 22.3. The Kier molecular flexibility index (Phi) is 15.7. The molecule has 42 heavy (non-hydrogen) atoms. The van der Waals surface area contributed by atoms with Crippen LogP contribution in [0.4, 0.5) is 17.6 Å². The molecule has 0 unspecified atom stereocenters. The van der Waals surface area contributed by atoms with Crippen LogP contribution in [0.2, 0.25) is 0 Å². The maximum absolute atomic E-state index is 12.5. The highest BCUT2D eigenvalue weighted by atomic mass is 19.4. The lowest BCUT2D eigenvalue weighted by Crippen LogP contribution is -2.05. The largest absolute Gasteiger partial charge is 0.416 e. The topological polar surface area (TPSA) is 25.8 Å². The highest BCUT2D eigenvalue weighted by molar-refractivity contribution is 5.27. The van der Waals surface area contributed by atoms with Gasteiger partial charge in [-0.3, -0.25) is 9.97 Å². The normalized spacial score (nSPS) is 10.9. The predicted molar refractivity (Wildman–Crippen MR) is 167 cm³/mol. The molecule has 0 saturated heterocycles. The van der Waals surface area contributed by atoms with Gasteiger partial charge in [0.25, 0.3) is 0 Å². The number of nitrogens with zero attached hydrogens (tertiary/aromatic N) is 2. The van der Waals surface area contributed by atoms with Crippen LogP contribution in [0.25, 0.3) is 0 Å². The monoisotopic (exact) mass is 582 g/mol. The first kappa shape index (κ1) is 36.5. The quantitative estimate of drug-likeness (QED) is 0.224. The van der Waals surface area contributed by atoms with Crippen LogP contribution in [0, 0.1) is 12.7 Å². The van der Waals surface area contributed by atoms with Crippen molar-refractivity contribution in [2.24, 2.45) is 0 Å². The molecule has 0 aliphatic carbocycles. The van der Waals surface area contributed by atoms with E-state index < -0.39 is 11.7 Å². The molecule has 0 atom stereocenters. The zero-order chi connectivity index (χ0) is 31.9. The van der Waals surface area contributed by atoms with Gasteiger partial charge in [0, 0.05) is 23.8 Å². The van der Waals surface area contributed by atoms with E-state index in [0.717, 1.165) is 28.6 Å². The Morgan fingerprint density at radius 2 is 1.14 bits per heavy atom. The molecule has 2 heterocycles. The van der Waals surface area contributed by atoms with Crippen molar-refractivity contribution in [3.05, 3.63) is 131 Å². The molecule has 0 fully saturated rings. The summed E-state index contributed by atoms with van der Waals surface area (Å²) in [5.74, 6) is 1.53. The molecular formula is C36H46F4N2. The van der Waals surface area contributed by atoms with Crippen LogP contribution in [0.5, 0.6) is 0 Å². The minimum atomic E-state index is -4.23. The van der Waals surface area contributed by atoms with E-state index in [4.69, 9.17) is 0 Å². The Balaban J connectivity index is 0.000000283. The molecule has 0 amide bonds. The Labute approximate surface area is 250 Å². The molecule has 2 aromatic heterocycles. The van der Waals surface area contributed by atoms with Gasteiger partial charge in [0.05, 0.1) is 5.56 Å². The highest BCUT2D eigenvalue weighted by Crippen LogP contribution is 2.30. The second kappa shape index (κ2) is 18.1. The number of benzene rings is 2. The van der Waals surface area contributed by atoms with Gasteiger partial charge >= 0.3 is 6.18 Å². The standard InChI is InChI=1S/C10H11F3.C9H11F.C9H13N.C8H11N/c1-7(2)8-4-3-5-9(6-8)10(11,12)13;1-7(2)8-4-3-5-9(10)6-8;1-7(2)9-5-4-8(3)10-6-9;1-7(2)8-5-3-4-6-9-8/h3-7H,1-2H3;3-7H,1-2H3;4-7H,1-3H3;3-7H,1-2H3. The summed E-state index contributed by atoms with van der Waals surface area (Å²) >= 11 is 0. The third-order valence-electron chi connectivity index (χ3n) is 6.28. The second-order valence-corrected chi connectivity index (χ2v) is 11.3. The summed E-state index contributed by atoms with van der Waals surface area (Å²) in [6.07, 6.45) is -0.458. The van der Waals surface area contributed by atoms with Gasteiger partial charge in [-0.2, -0.15) is 13.2 Å². The molecule has 0 bridgehead atoms. The molecule has 0 saturated carbocycles. The molecule has 2 aromatic carbocycles. The number of hydrogen-bond donors (Lipinski definition) is 0. The minimum absolute atomic E-state index is 0.127. The van der Waals surface area contributed by atoms with Crippen LogP contribution >= 0.6 is 0 Å². The molecule has 4 aromatic rings. The summed E-state index contributed by atoms with van der Waals surface area (Å²) < 4.78 is 49.2. The van der Waals surface area contributed by atoms with Crippen molar-refractivity contribution in [1.29, 1.82) is 0 Å². The van der Waals surface area contributed by atoms with E-state index in [0.29, 0.717) is 17.8 Å². The van der Waals surface area contributed by atoms with E-state index in [1.807, 2.05) is 57.4 Å². The van der Waals surface area contributed by atoms with E-state index in [1.54, 1.807) is 18.2 Å². The zero-order valence-corrected chi connectivity index (χ0v) is 26.4. The van der Waals surface area contributed by atoms with E-state index in [9.17, 15) is 17.6 Å². The molecular weight excluding hydrogens is 536 g/mol. The molecule has 4 rings (SSSR count). The average Bonchev–Trinajstić information content (AvgIpc) is 2.94. The maximum Gasteiger partial charge on any atom is 0.416 e. The molecule has 0 spiro atoms. The van der Waals surface area contributed by atoms with Crippen LogP contribution in [0.3, 0.4) is 0 Å². The average molecular weight is 583 g/mol. The number of hydrogen-bond acceptors (Lipinski definition) is 2. The van der Waals surface area contributed by atoms with Gasteiger partial charge in [0.2, 0.25) is 0 Å². The molecule has 0 radical (unpaired) electrons. The van der Waals surface area contributed by atoms with Crippen LogP contribution in [0.15, 0.2) is 91.3 Å². The van der Waals surface area contributed by atoms with Crippen molar-refractivity contribution in [1.82, 2.24) is 9.97 Å². The lowest BCUT2D eigenvalue weighted by atomic mass is 10.0. The summed E-state index contributed by atoms with van der Waals surface area (Å²) in [6.45, 7) is 18.5. The second-order valence-electron chi connectivity index (χ2n) is 11.3. The number of aryl methyl sites for hydroxylation is 1. The van der Waals surface area contributed by atoms with Crippen molar-refractivity contribution in [3.8, 4) is 0 Å². The Morgan fingerprint density at radius 3 is 1.52 bits per heavy atom. The Hall–Kier alpha value is -3.54. The van der Waals surface area contributed by atoms with Crippen LogP contribution < -0.4 is 0 Å². The third kappa shape index (κ3) is 14.4. The summed E-state index contributed by atoms with van der Waals surface area (Å²) in [4.78, 5) is 8.38. The third-order valence-corrected chi connectivity index (χ3v) is 6.28. The number of rotatable bonds is 4. The summed E-state index contributed by atoms with van der Waals surface area (Å²) in [5.41, 5.74) is 4.76. The first-order chi connectivity index (χ1) is 19.6. The number of pyridine rings is 2. The van der Waals surface area contributed by atoms with Crippen molar-refractivity contribution >= 4 is 0 Å². The van der Waals surface area contributed by atoms with Gasteiger partial charge in [0.1, 0.15) is 5.82 Å². The van der Waals surface area contributed by atoms with E-state index in [-0.39, 0.29) is 11.7 Å². The van der Waals surface area contributed by atoms with Gasteiger partial charge in [-0.1, -0.05) is 97.9 Å². The molecule has 6 heteroatoms. The van der Waals surface area contributed by atoms with Gasteiger partial charge in [-0.15, -0.1) is 0 Å². The lowest BCUT2D eigenvalue weighted by molar-refractivity contribution is -0.137. The number of aromatic nitrogens is 2. The Morgan fingerprint density at radius 1 is 0.571 bits per heavy atom. The Bertz CT molecular complexity index is 1280. The smallest absolute Gasteiger partial charge is 0.261 e. The molecule has 0 N–H and O–H groups in total. The fourth-order valence-corrected chi connectivity index (χ4v) is 3.48. The van der Waals surface area contributed by atoms with Crippen LogP contribution in [0.1, 0.15) is 113 Å².